The molecule has 0 atom stereocenters. The van der Waals surface area contributed by atoms with Crippen LogP contribution in [0.2, 0.25) is 5.02 Å². The summed E-state index contributed by atoms with van der Waals surface area (Å²) in [4.78, 5) is 11.1. The number of hydrogen-bond acceptors (Lipinski definition) is 5. The lowest BCUT2D eigenvalue weighted by Crippen LogP contribution is -2.19. The molecule has 0 fully saturated rings. The van der Waals surface area contributed by atoms with Gasteiger partial charge in [0.2, 0.25) is 11.0 Å². The number of carbonyl (C=O) groups excluding carboxylic acids is 1. The van der Waals surface area contributed by atoms with Crippen LogP contribution in [0.25, 0.3) is 0 Å². The molecule has 1 amide bonds. The molecule has 0 radical (unpaired) electrons. The van der Waals surface area contributed by atoms with Crippen LogP contribution < -0.4 is 11.1 Å². The van der Waals surface area contributed by atoms with Crippen molar-refractivity contribution in [3.8, 4) is 0 Å². The zero-order chi connectivity index (χ0) is 14.9. The van der Waals surface area contributed by atoms with Crippen LogP contribution in [0.15, 0.2) is 18.2 Å². The van der Waals surface area contributed by atoms with Crippen molar-refractivity contribution in [3.05, 3.63) is 33.8 Å². The van der Waals surface area contributed by atoms with Crippen LogP contribution >= 0.6 is 22.9 Å². The Kier molecular flexibility index (Phi) is 3.87. The number of nitrogens with two attached hydrogens (primary N) is 1. The monoisotopic (exact) mass is 318 g/mol. The first kappa shape index (κ1) is 14.6. The van der Waals surface area contributed by atoms with E-state index in [4.69, 9.17) is 17.3 Å². The van der Waals surface area contributed by atoms with E-state index >= 15 is 0 Å². The third-order valence-corrected chi connectivity index (χ3v) is 3.40. The van der Waals surface area contributed by atoms with E-state index in [0.29, 0.717) is 11.3 Å². The first-order valence-electron chi connectivity index (χ1n) is 5.35. The summed E-state index contributed by atoms with van der Waals surface area (Å²) in [5.41, 5.74) is 4.82. The smallest absolute Gasteiger partial charge is 0.328 e. The highest BCUT2D eigenvalue weighted by molar-refractivity contribution is 7.15. The standard InChI is InChI=1S/C11H9ClF2N4OS/c1-5(19)16-8-3-2-6(12)4-7(8)11(13,14)9-17-18-10(15)20-9/h2-4H,1H3,(H2,15,18)(H,16,19). The number of nitrogens with one attached hydrogen (secondary N) is 1. The second-order valence-electron chi connectivity index (χ2n) is 3.89. The molecule has 3 N–H and O–H groups in total. The fraction of sp³-hybridized carbons (Fsp3) is 0.182. The van der Waals surface area contributed by atoms with Gasteiger partial charge in [-0.2, -0.15) is 8.78 Å². The summed E-state index contributed by atoms with van der Waals surface area (Å²) in [6.07, 6.45) is 0. The molecule has 5 nitrogen and oxygen atoms in total. The number of halogens is 3. The maximum absolute atomic E-state index is 14.4. The maximum atomic E-state index is 14.4. The number of nitrogens with zero attached hydrogens (tertiary/aromatic N) is 2. The minimum absolute atomic E-state index is 0.0410. The van der Waals surface area contributed by atoms with Crippen LogP contribution in [-0.2, 0) is 10.7 Å². The van der Waals surface area contributed by atoms with Crippen molar-refractivity contribution in [2.45, 2.75) is 12.8 Å². The molecule has 0 aliphatic rings. The van der Waals surface area contributed by atoms with Gasteiger partial charge in [0.1, 0.15) is 0 Å². The fourth-order valence-corrected chi connectivity index (χ4v) is 2.32. The van der Waals surface area contributed by atoms with Crippen molar-refractivity contribution < 1.29 is 13.6 Å². The predicted molar refractivity (Wildman–Crippen MR) is 73.1 cm³/mol. The van der Waals surface area contributed by atoms with Gasteiger partial charge in [-0.05, 0) is 18.2 Å². The second kappa shape index (κ2) is 5.29. The molecule has 0 unspecified atom stereocenters. The van der Waals surface area contributed by atoms with Crippen molar-refractivity contribution in [1.29, 1.82) is 0 Å². The van der Waals surface area contributed by atoms with Gasteiger partial charge in [0.05, 0.1) is 11.3 Å². The van der Waals surface area contributed by atoms with Gasteiger partial charge >= 0.3 is 5.92 Å². The predicted octanol–water partition coefficient (Wildman–Crippen LogP) is 2.87. The van der Waals surface area contributed by atoms with E-state index in [1.807, 2.05) is 0 Å². The van der Waals surface area contributed by atoms with Crippen molar-refractivity contribution >= 4 is 39.7 Å². The zero-order valence-electron chi connectivity index (χ0n) is 10.2. The van der Waals surface area contributed by atoms with Crippen molar-refractivity contribution in [3.63, 3.8) is 0 Å². The Morgan fingerprint density at radius 2 is 2.15 bits per heavy atom. The molecule has 1 aromatic carbocycles. The molecule has 1 aromatic heterocycles. The van der Waals surface area contributed by atoms with Gasteiger partial charge in [-0.15, -0.1) is 10.2 Å². The molecule has 2 aromatic rings. The minimum atomic E-state index is -3.46. The molecular formula is C11H9ClF2N4OS. The number of alkyl halides is 2. The summed E-state index contributed by atoms with van der Waals surface area (Å²) in [6.45, 7) is 1.22. The number of benzene rings is 1. The summed E-state index contributed by atoms with van der Waals surface area (Å²) >= 11 is 6.32. The van der Waals surface area contributed by atoms with E-state index in [9.17, 15) is 13.6 Å². The lowest BCUT2D eigenvalue weighted by molar-refractivity contribution is -0.114. The first-order chi connectivity index (χ1) is 9.30. The van der Waals surface area contributed by atoms with Gasteiger partial charge < -0.3 is 11.1 Å². The SMILES string of the molecule is CC(=O)Nc1ccc(Cl)cc1C(F)(F)c1nnc(N)s1. The van der Waals surface area contributed by atoms with Crippen molar-refractivity contribution in [2.75, 3.05) is 11.1 Å². The summed E-state index contributed by atoms with van der Waals surface area (Å²) in [7, 11) is 0. The normalized spacial score (nSPS) is 11.4. The molecule has 9 heteroatoms. The number of amides is 1. The highest BCUT2D eigenvalue weighted by Gasteiger charge is 2.40. The molecule has 0 aliphatic heterocycles. The molecule has 0 bridgehead atoms. The third kappa shape index (κ3) is 2.86. The summed E-state index contributed by atoms with van der Waals surface area (Å²) in [5, 5.41) is 8.53. The molecule has 0 spiro atoms. The second-order valence-corrected chi connectivity index (χ2v) is 5.34. The lowest BCUT2D eigenvalue weighted by Gasteiger charge is -2.18. The van der Waals surface area contributed by atoms with E-state index < -0.39 is 22.4 Å². The van der Waals surface area contributed by atoms with Crippen molar-refractivity contribution in [2.24, 2.45) is 0 Å². The fourth-order valence-electron chi connectivity index (χ4n) is 1.55. The average Bonchev–Trinajstić information content (AvgIpc) is 2.78. The number of aromatic nitrogens is 2. The molecule has 106 valence electrons. The summed E-state index contributed by atoms with van der Waals surface area (Å²) in [6, 6.07) is 3.78. The van der Waals surface area contributed by atoms with Crippen LogP contribution in [-0.4, -0.2) is 16.1 Å². The molecule has 0 aliphatic carbocycles. The van der Waals surface area contributed by atoms with Gasteiger partial charge in [0, 0.05) is 11.9 Å². The van der Waals surface area contributed by atoms with Crippen LogP contribution in [0.4, 0.5) is 19.6 Å². The molecular weight excluding hydrogens is 310 g/mol. The third-order valence-electron chi connectivity index (χ3n) is 2.34. The van der Waals surface area contributed by atoms with E-state index in [0.717, 1.165) is 6.07 Å². The Balaban J connectivity index is 2.54. The number of anilines is 2. The minimum Gasteiger partial charge on any atom is -0.374 e. The largest absolute Gasteiger partial charge is 0.374 e. The van der Waals surface area contributed by atoms with Gasteiger partial charge in [-0.3, -0.25) is 4.79 Å². The Hall–Kier alpha value is -1.80. The number of nitrogen functional groups attached to an aromatic ring is 1. The van der Waals surface area contributed by atoms with Gasteiger partial charge in [0.25, 0.3) is 0 Å². The summed E-state index contributed by atoms with van der Waals surface area (Å²) in [5.74, 6) is -3.93. The Morgan fingerprint density at radius 3 is 2.70 bits per heavy atom. The van der Waals surface area contributed by atoms with Crippen LogP contribution in [0, 0.1) is 0 Å². The number of hydrogen-bond donors (Lipinski definition) is 2. The van der Waals surface area contributed by atoms with Crippen LogP contribution in [0.5, 0.6) is 0 Å². The quantitative estimate of drug-likeness (QED) is 0.911. The molecule has 1 heterocycles. The number of carbonyl (C=O) groups is 1. The highest BCUT2D eigenvalue weighted by Crippen LogP contribution is 2.42. The Bertz CT molecular complexity index is 662. The molecule has 2 rings (SSSR count). The topological polar surface area (TPSA) is 80.9 Å². The Morgan fingerprint density at radius 1 is 1.45 bits per heavy atom. The van der Waals surface area contributed by atoms with E-state index in [2.05, 4.69) is 15.5 Å². The highest BCUT2D eigenvalue weighted by atomic mass is 35.5. The molecule has 20 heavy (non-hydrogen) atoms. The van der Waals surface area contributed by atoms with E-state index in [1.54, 1.807) is 0 Å². The van der Waals surface area contributed by atoms with Gasteiger partial charge in [0.15, 0.2) is 5.01 Å². The molecule has 0 saturated carbocycles. The van der Waals surface area contributed by atoms with E-state index in [-0.39, 0.29) is 15.8 Å². The summed E-state index contributed by atoms with van der Waals surface area (Å²) < 4.78 is 28.9. The van der Waals surface area contributed by atoms with Gasteiger partial charge in [-0.25, -0.2) is 0 Å². The van der Waals surface area contributed by atoms with Crippen molar-refractivity contribution in [1.82, 2.24) is 10.2 Å². The zero-order valence-corrected chi connectivity index (χ0v) is 11.7. The maximum Gasteiger partial charge on any atom is 0.328 e. The first-order valence-corrected chi connectivity index (χ1v) is 6.55. The van der Waals surface area contributed by atoms with Crippen LogP contribution in [0.3, 0.4) is 0 Å². The average molecular weight is 319 g/mol. The number of rotatable bonds is 3. The lowest BCUT2D eigenvalue weighted by atomic mass is 10.1. The van der Waals surface area contributed by atoms with Crippen LogP contribution in [0.1, 0.15) is 17.5 Å². The van der Waals surface area contributed by atoms with Gasteiger partial charge in [-0.1, -0.05) is 22.9 Å². The Labute approximate surface area is 121 Å². The van der Waals surface area contributed by atoms with E-state index in [1.165, 1.54) is 19.1 Å². The molecule has 0 saturated heterocycles.